The van der Waals surface area contributed by atoms with E-state index in [1.54, 1.807) is 0 Å². The molecule has 5 heteroatoms. The van der Waals surface area contributed by atoms with Gasteiger partial charge in [-0.05, 0) is 6.92 Å². The molecule has 0 fully saturated rings. The van der Waals surface area contributed by atoms with Gasteiger partial charge in [-0.15, -0.1) is 0 Å². The summed E-state index contributed by atoms with van der Waals surface area (Å²) >= 11 is 0. The van der Waals surface area contributed by atoms with Gasteiger partial charge in [0.25, 0.3) is 0 Å². The van der Waals surface area contributed by atoms with E-state index >= 15 is 0 Å². The van der Waals surface area contributed by atoms with E-state index in [-0.39, 0.29) is 0 Å². The maximum absolute atomic E-state index is 5.16. The molecule has 2 rings (SSSR count). The van der Waals surface area contributed by atoms with Crippen LogP contribution < -0.4 is 5.32 Å². The predicted octanol–water partition coefficient (Wildman–Crippen LogP) is 1.73. The van der Waals surface area contributed by atoms with Gasteiger partial charge in [0.1, 0.15) is 0 Å². The highest BCUT2D eigenvalue weighted by molar-refractivity contribution is 5.05. The number of aromatic nitrogens is 3. The monoisotopic (exact) mass is 234 g/mol. The predicted molar refractivity (Wildman–Crippen MR) is 64.5 cm³/mol. The van der Waals surface area contributed by atoms with E-state index in [9.17, 15) is 0 Å². The molecule has 2 aromatic heterocycles. The average Bonchev–Trinajstić information content (AvgIpc) is 2.86. The first-order valence-corrected chi connectivity index (χ1v) is 5.79. The van der Waals surface area contributed by atoms with E-state index in [0.29, 0.717) is 12.6 Å². The van der Waals surface area contributed by atoms with Gasteiger partial charge in [0, 0.05) is 24.8 Å². The van der Waals surface area contributed by atoms with Crippen molar-refractivity contribution in [3.63, 3.8) is 0 Å². The third kappa shape index (κ3) is 3.42. The van der Waals surface area contributed by atoms with Crippen LogP contribution in [0.15, 0.2) is 23.1 Å². The van der Waals surface area contributed by atoms with Crippen molar-refractivity contribution in [2.24, 2.45) is 0 Å². The molecule has 17 heavy (non-hydrogen) atoms. The lowest BCUT2D eigenvalue weighted by Crippen LogP contribution is -2.21. The summed E-state index contributed by atoms with van der Waals surface area (Å²) in [5, 5.41) is 7.19. The van der Waals surface area contributed by atoms with Crippen LogP contribution in [0.4, 0.5) is 0 Å². The van der Waals surface area contributed by atoms with Crippen LogP contribution in [0, 0.1) is 6.92 Å². The fourth-order valence-electron chi connectivity index (χ4n) is 1.56. The number of nitrogens with zero attached hydrogens (tertiary/aromatic N) is 3. The molecule has 0 saturated carbocycles. The van der Waals surface area contributed by atoms with E-state index in [0.717, 1.165) is 23.7 Å². The summed E-state index contributed by atoms with van der Waals surface area (Å²) in [6, 6.07) is 2.41. The van der Waals surface area contributed by atoms with Crippen molar-refractivity contribution in [2.75, 3.05) is 0 Å². The SMILES string of the molecule is Cc1cc(Cn2cnc(CNC(C)C)c2)on1. The Kier molecular flexibility index (Phi) is 3.58. The second-order valence-electron chi connectivity index (χ2n) is 4.51. The summed E-state index contributed by atoms with van der Waals surface area (Å²) in [5.41, 5.74) is 1.94. The van der Waals surface area contributed by atoms with E-state index in [1.165, 1.54) is 0 Å². The smallest absolute Gasteiger partial charge is 0.156 e. The van der Waals surface area contributed by atoms with Gasteiger partial charge in [0.05, 0.1) is 24.3 Å². The Morgan fingerprint density at radius 2 is 2.29 bits per heavy atom. The van der Waals surface area contributed by atoms with Crippen molar-refractivity contribution < 1.29 is 4.52 Å². The molecule has 92 valence electrons. The summed E-state index contributed by atoms with van der Waals surface area (Å²) in [4.78, 5) is 4.33. The topological polar surface area (TPSA) is 55.9 Å². The molecule has 2 aromatic rings. The molecular weight excluding hydrogens is 216 g/mol. The molecule has 0 aliphatic heterocycles. The van der Waals surface area contributed by atoms with Crippen LogP contribution >= 0.6 is 0 Å². The molecule has 0 aromatic carbocycles. The molecule has 0 spiro atoms. The van der Waals surface area contributed by atoms with Crippen molar-refractivity contribution in [1.82, 2.24) is 20.0 Å². The summed E-state index contributed by atoms with van der Waals surface area (Å²) < 4.78 is 7.16. The number of aryl methyl sites for hydroxylation is 1. The molecule has 2 heterocycles. The van der Waals surface area contributed by atoms with Crippen LogP contribution in [0.5, 0.6) is 0 Å². The summed E-state index contributed by atoms with van der Waals surface area (Å²) in [6.07, 6.45) is 3.84. The van der Waals surface area contributed by atoms with Crippen LogP contribution in [0.2, 0.25) is 0 Å². The Morgan fingerprint density at radius 3 is 2.94 bits per heavy atom. The van der Waals surface area contributed by atoms with Gasteiger partial charge in [-0.3, -0.25) is 0 Å². The van der Waals surface area contributed by atoms with Crippen molar-refractivity contribution >= 4 is 0 Å². The maximum Gasteiger partial charge on any atom is 0.156 e. The van der Waals surface area contributed by atoms with Crippen LogP contribution in [-0.2, 0) is 13.1 Å². The summed E-state index contributed by atoms with van der Waals surface area (Å²) in [7, 11) is 0. The molecule has 0 atom stereocenters. The zero-order chi connectivity index (χ0) is 12.3. The van der Waals surface area contributed by atoms with E-state index < -0.39 is 0 Å². The Bertz CT molecular complexity index is 472. The van der Waals surface area contributed by atoms with Gasteiger partial charge >= 0.3 is 0 Å². The Balaban J connectivity index is 1.94. The highest BCUT2D eigenvalue weighted by Crippen LogP contribution is 2.06. The molecule has 1 N–H and O–H groups in total. The average molecular weight is 234 g/mol. The van der Waals surface area contributed by atoms with E-state index in [2.05, 4.69) is 29.3 Å². The lowest BCUT2D eigenvalue weighted by atomic mass is 10.3. The van der Waals surface area contributed by atoms with E-state index in [1.807, 2.05) is 30.1 Å². The van der Waals surface area contributed by atoms with Gasteiger partial charge in [-0.2, -0.15) is 0 Å². The quantitative estimate of drug-likeness (QED) is 0.856. The van der Waals surface area contributed by atoms with Gasteiger partial charge in [0.15, 0.2) is 5.76 Å². The Labute approximate surface area is 101 Å². The molecule has 0 radical (unpaired) electrons. The molecule has 0 aliphatic carbocycles. The van der Waals surface area contributed by atoms with E-state index in [4.69, 9.17) is 4.52 Å². The van der Waals surface area contributed by atoms with Crippen LogP contribution in [0.25, 0.3) is 0 Å². The molecule has 0 unspecified atom stereocenters. The first-order valence-electron chi connectivity index (χ1n) is 5.79. The number of hydrogen-bond acceptors (Lipinski definition) is 4. The minimum absolute atomic E-state index is 0.470. The molecule has 0 saturated heterocycles. The number of nitrogens with one attached hydrogen (secondary N) is 1. The highest BCUT2D eigenvalue weighted by atomic mass is 16.5. The van der Waals surface area contributed by atoms with Crippen molar-refractivity contribution in [3.8, 4) is 0 Å². The maximum atomic E-state index is 5.16. The second kappa shape index (κ2) is 5.14. The number of hydrogen-bond donors (Lipinski definition) is 1. The molecule has 5 nitrogen and oxygen atoms in total. The fourth-order valence-corrected chi connectivity index (χ4v) is 1.56. The zero-order valence-corrected chi connectivity index (χ0v) is 10.5. The largest absolute Gasteiger partial charge is 0.359 e. The standard InChI is InChI=1S/C12H18N4O/c1-9(2)13-5-11-6-16(8-14-11)7-12-4-10(3)15-17-12/h4,6,8-9,13H,5,7H2,1-3H3. The lowest BCUT2D eigenvalue weighted by Gasteiger charge is -2.04. The molecule has 0 aliphatic rings. The summed E-state index contributed by atoms with van der Waals surface area (Å²) in [6.45, 7) is 7.62. The molecule has 0 amide bonds. The number of imidazole rings is 1. The molecular formula is C12H18N4O. The normalized spacial score (nSPS) is 11.3. The second-order valence-corrected chi connectivity index (χ2v) is 4.51. The van der Waals surface area contributed by atoms with Gasteiger partial charge in [-0.1, -0.05) is 19.0 Å². The van der Waals surface area contributed by atoms with Crippen LogP contribution in [0.3, 0.4) is 0 Å². The number of rotatable bonds is 5. The Morgan fingerprint density at radius 1 is 1.47 bits per heavy atom. The van der Waals surface area contributed by atoms with Gasteiger partial charge in [0.2, 0.25) is 0 Å². The minimum Gasteiger partial charge on any atom is -0.359 e. The first kappa shape index (κ1) is 11.9. The van der Waals surface area contributed by atoms with Gasteiger partial charge in [-0.25, -0.2) is 4.98 Å². The first-order chi connectivity index (χ1) is 8.13. The zero-order valence-electron chi connectivity index (χ0n) is 10.5. The highest BCUT2D eigenvalue weighted by Gasteiger charge is 2.04. The third-order valence-electron chi connectivity index (χ3n) is 2.39. The lowest BCUT2D eigenvalue weighted by molar-refractivity contribution is 0.373. The molecule has 0 bridgehead atoms. The van der Waals surface area contributed by atoms with Crippen LogP contribution in [-0.4, -0.2) is 20.7 Å². The fraction of sp³-hybridized carbons (Fsp3) is 0.500. The van der Waals surface area contributed by atoms with Crippen LogP contribution in [0.1, 0.15) is 31.0 Å². The minimum atomic E-state index is 0.470. The van der Waals surface area contributed by atoms with Crippen molar-refractivity contribution in [2.45, 2.75) is 39.9 Å². The van der Waals surface area contributed by atoms with Crippen molar-refractivity contribution in [3.05, 3.63) is 35.7 Å². The Hall–Kier alpha value is -1.62. The summed E-state index contributed by atoms with van der Waals surface area (Å²) in [5.74, 6) is 0.850. The third-order valence-corrected chi connectivity index (χ3v) is 2.39. The van der Waals surface area contributed by atoms with Gasteiger partial charge < -0.3 is 14.4 Å². The van der Waals surface area contributed by atoms with Crippen molar-refractivity contribution in [1.29, 1.82) is 0 Å².